The molecule has 44 heavy (non-hydrogen) atoms. The summed E-state index contributed by atoms with van der Waals surface area (Å²) in [6, 6.07) is 27.1. The van der Waals surface area contributed by atoms with E-state index < -0.39 is 0 Å². The van der Waals surface area contributed by atoms with Gasteiger partial charge in [0.05, 0.1) is 11.3 Å². The summed E-state index contributed by atoms with van der Waals surface area (Å²) in [7, 11) is 0. The Hall–Kier alpha value is -3.57. The van der Waals surface area contributed by atoms with Crippen molar-refractivity contribution >= 4 is 49.1 Å². The molecule has 1 N–H and O–H groups in total. The zero-order valence-electron chi connectivity index (χ0n) is 26.5. The number of benzene rings is 3. The molecule has 0 fully saturated rings. The van der Waals surface area contributed by atoms with Crippen molar-refractivity contribution in [3.8, 4) is 21.7 Å². The number of aliphatic hydroxyl groups is 1. The number of aliphatic hydroxyl groups excluding tert-OH is 1. The molecule has 0 aliphatic carbocycles. The summed E-state index contributed by atoms with van der Waals surface area (Å²) in [4.78, 5) is 16.1. The van der Waals surface area contributed by atoms with Gasteiger partial charge >= 0.3 is 0 Å². The Morgan fingerprint density at radius 2 is 1.57 bits per heavy atom. The Labute approximate surface area is 277 Å². The average molecular weight is 781 g/mol. The van der Waals surface area contributed by atoms with Gasteiger partial charge in [0.1, 0.15) is 5.58 Å². The second-order valence-corrected chi connectivity index (χ2v) is 14.2. The van der Waals surface area contributed by atoms with Gasteiger partial charge in [-0.25, -0.2) is 0 Å². The van der Waals surface area contributed by atoms with Gasteiger partial charge in [0.25, 0.3) is 0 Å². The van der Waals surface area contributed by atoms with Crippen molar-refractivity contribution in [2.24, 2.45) is 0 Å². The van der Waals surface area contributed by atoms with Crippen LogP contribution in [0, 0.1) is 6.07 Å². The van der Waals surface area contributed by atoms with E-state index >= 15 is 0 Å². The number of aromatic nitrogens is 1. The maximum atomic E-state index is 10.0. The molecule has 0 atom stereocenters. The van der Waals surface area contributed by atoms with Crippen LogP contribution in [0.4, 0.5) is 0 Å². The number of carbonyl (C=O) groups excluding carboxylic acids is 1. The minimum absolute atomic E-state index is 0. The van der Waals surface area contributed by atoms with Crippen LogP contribution < -0.4 is 0 Å². The molecule has 4 nitrogen and oxygen atoms in total. The van der Waals surface area contributed by atoms with Crippen LogP contribution in [0.25, 0.3) is 53.7 Å². The first-order valence-corrected chi connectivity index (χ1v) is 15.3. The molecule has 6 heteroatoms. The maximum Gasteiger partial charge on any atom is 0.155 e. The molecular weight excluding hydrogens is 743 g/mol. The summed E-state index contributed by atoms with van der Waals surface area (Å²) in [6.45, 7) is 16.6. The van der Waals surface area contributed by atoms with Crippen molar-refractivity contribution < 1.29 is 34.4 Å². The molecule has 0 bridgehead atoms. The standard InChI is InChI=1S/C33H30NOS.C5H8O2.Ir/c1-32(2,3)22-14-20(15-23(17-22)33(4,5)6)29-16-21-19-34-27(18-30(21)36-29)26-12-9-11-25-24-10-7-8-13-28(24)35-31(25)26;1-4(6)3-5(2)7;/h7-11,13-19H,1-6H3;3,6H,1-2H3;/q-1;;/b;4-3-;. The Kier molecular flexibility index (Phi) is 9.70. The number of allylic oxidation sites excluding steroid dienone is 2. The Morgan fingerprint density at radius 3 is 2.16 bits per heavy atom. The number of para-hydroxylation sites is 1. The van der Waals surface area contributed by atoms with Gasteiger partial charge in [-0.1, -0.05) is 82.8 Å². The van der Waals surface area contributed by atoms with Gasteiger partial charge in [-0.3, -0.25) is 4.79 Å². The molecule has 0 saturated carbocycles. The number of hydrogen-bond acceptors (Lipinski definition) is 5. The van der Waals surface area contributed by atoms with Crippen LogP contribution in [0.1, 0.15) is 66.5 Å². The third kappa shape index (κ3) is 7.21. The van der Waals surface area contributed by atoms with Gasteiger partial charge in [0.2, 0.25) is 0 Å². The predicted octanol–water partition coefficient (Wildman–Crippen LogP) is 11.0. The summed E-state index contributed by atoms with van der Waals surface area (Å²) in [6.07, 6.45) is 3.15. The Morgan fingerprint density at radius 1 is 0.909 bits per heavy atom. The molecule has 3 heterocycles. The zero-order chi connectivity index (χ0) is 31.1. The number of ketones is 1. The summed E-state index contributed by atoms with van der Waals surface area (Å²) in [5.74, 6) is -0.0625. The molecule has 6 rings (SSSR count). The molecular formula is C38H38IrNO3S-. The van der Waals surface area contributed by atoms with E-state index in [4.69, 9.17) is 14.5 Å². The van der Waals surface area contributed by atoms with Crippen molar-refractivity contribution in [1.29, 1.82) is 0 Å². The fraction of sp³-hybridized carbons (Fsp3) is 0.263. The van der Waals surface area contributed by atoms with Crippen molar-refractivity contribution in [3.05, 3.63) is 102 Å². The third-order valence-corrected chi connectivity index (χ3v) is 8.50. The smallest absolute Gasteiger partial charge is 0.155 e. The van der Waals surface area contributed by atoms with Gasteiger partial charge in [-0.15, -0.1) is 29.5 Å². The molecule has 0 aliphatic heterocycles. The van der Waals surface area contributed by atoms with Crippen LogP contribution >= 0.6 is 11.3 Å². The van der Waals surface area contributed by atoms with Crippen molar-refractivity contribution in [1.82, 2.24) is 4.98 Å². The van der Waals surface area contributed by atoms with Crippen molar-refractivity contribution in [3.63, 3.8) is 0 Å². The topological polar surface area (TPSA) is 63.3 Å². The second kappa shape index (κ2) is 12.8. The first-order valence-electron chi connectivity index (χ1n) is 14.5. The summed E-state index contributed by atoms with van der Waals surface area (Å²) < 4.78 is 7.46. The van der Waals surface area contributed by atoms with E-state index in [2.05, 4.69) is 90.1 Å². The van der Waals surface area contributed by atoms with Crippen LogP contribution in [-0.2, 0) is 35.7 Å². The average Bonchev–Trinajstić information content (AvgIpc) is 3.52. The quantitative estimate of drug-likeness (QED) is 0.110. The molecule has 0 amide bonds. The molecule has 3 aromatic carbocycles. The first-order chi connectivity index (χ1) is 20.2. The monoisotopic (exact) mass is 781 g/mol. The zero-order valence-corrected chi connectivity index (χ0v) is 29.7. The van der Waals surface area contributed by atoms with E-state index in [9.17, 15) is 4.79 Å². The number of pyridine rings is 1. The number of hydrogen-bond donors (Lipinski definition) is 1. The van der Waals surface area contributed by atoms with Crippen LogP contribution in [0.5, 0.6) is 0 Å². The second-order valence-electron chi connectivity index (χ2n) is 13.1. The molecule has 229 valence electrons. The van der Waals surface area contributed by atoms with Gasteiger partial charge in [0.15, 0.2) is 5.78 Å². The van der Waals surface area contributed by atoms with E-state index in [1.54, 1.807) is 0 Å². The summed E-state index contributed by atoms with van der Waals surface area (Å²) in [5, 5.41) is 11.7. The van der Waals surface area contributed by atoms with Crippen molar-refractivity contribution in [2.75, 3.05) is 0 Å². The molecule has 0 unspecified atom stereocenters. The maximum absolute atomic E-state index is 10.0. The number of carbonyl (C=O) groups is 1. The van der Waals surface area contributed by atoms with E-state index in [0.29, 0.717) is 0 Å². The number of nitrogens with zero attached hydrogens (tertiary/aromatic N) is 1. The SMILES string of the molecule is CC(=O)/C=C(/C)O.CC(C)(C)c1cc(-c2cc3cnc(-c4[c-]ccc5c4oc4ccccc45)cc3s2)cc(C(C)(C)C)c1.[Ir]. The largest absolute Gasteiger partial charge is 0.512 e. The first kappa shape index (κ1) is 33.3. The van der Waals surface area contributed by atoms with Gasteiger partial charge < -0.3 is 14.5 Å². The fourth-order valence-corrected chi connectivity index (χ4v) is 6.08. The van der Waals surface area contributed by atoms with Crippen LogP contribution in [0.15, 0.2) is 89.2 Å². The normalized spacial score (nSPS) is 12.2. The fourth-order valence-electron chi connectivity index (χ4n) is 5.02. The molecule has 0 spiro atoms. The predicted molar refractivity (Wildman–Crippen MR) is 181 cm³/mol. The van der Waals surface area contributed by atoms with Crippen LogP contribution in [0.3, 0.4) is 0 Å². The summed E-state index contributed by atoms with van der Waals surface area (Å²) in [5.41, 5.74) is 7.71. The number of furan rings is 1. The molecule has 0 aliphatic rings. The van der Waals surface area contributed by atoms with Crippen LogP contribution in [-0.4, -0.2) is 15.9 Å². The number of fused-ring (bicyclic) bond motifs is 4. The van der Waals surface area contributed by atoms with Crippen molar-refractivity contribution in [2.45, 2.75) is 66.2 Å². The minimum atomic E-state index is -0.125. The van der Waals surface area contributed by atoms with E-state index in [1.807, 2.05) is 41.8 Å². The van der Waals surface area contributed by atoms with E-state index in [1.165, 1.54) is 46.2 Å². The molecule has 3 aromatic heterocycles. The van der Waals surface area contributed by atoms with Crippen LogP contribution in [0.2, 0.25) is 0 Å². The number of rotatable bonds is 3. The van der Waals surface area contributed by atoms with Gasteiger partial charge in [-0.05, 0) is 71.3 Å². The Balaban J connectivity index is 0.000000497. The Bertz CT molecular complexity index is 1960. The van der Waals surface area contributed by atoms with E-state index in [-0.39, 0.29) is 42.5 Å². The van der Waals surface area contributed by atoms with Gasteiger partial charge in [-0.2, -0.15) is 0 Å². The third-order valence-electron chi connectivity index (χ3n) is 7.36. The van der Waals surface area contributed by atoms with E-state index in [0.717, 1.165) is 38.6 Å². The minimum Gasteiger partial charge on any atom is -0.512 e. The number of thiophene rings is 1. The molecule has 0 saturated heterocycles. The molecule has 6 aromatic rings. The molecule has 1 radical (unpaired) electrons. The van der Waals surface area contributed by atoms with Gasteiger partial charge in [0, 0.05) is 52.7 Å². The summed E-state index contributed by atoms with van der Waals surface area (Å²) >= 11 is 1.82.